The number of nitrogen functional groups attached to an aromatic ring is 1. The summed E-state index contributed by atoms with van der Waals surface area (Å²) in [6.45, 7) is 4.31. The van der Waals surface area contributed by atoms with Gasteiger partial charge in [-0.2, -0.15) is 4.98 Å². The van der Waals surface area contributed by atoms with Gasteiger partial charge in [-0.1, -0.05) is 41.9 Å². The number of aromatic nitrogens is 3. The lowest BCUT2D eigenvalue weighted by atomic mass is 9.93. The van der Waals surface area contributed by atoms with Gasteiger partial charge in [-0.15, -0.1) is 0 Å². The summed E-state index contributed by atoms with van der Waals surface area (Å²) < 4.78 is 0. The predicted octanol–water partition coefficient (Wildman–Crippen LogP) is 7.00. The molecule has 0 bridgehead atoms. The van der Waals surface area contributed by atoms with Crippen molar-refractivity contribution in [2.45, 2.75) is 38.6 Å². The number of pyridine rings is 1. The predicted molar refractivity (Wildman–Crippen MR) is 165 cm³/mol. The Morgan fingerprint density at radius 3 is 2.55 bits per heavy atom. The van der Waals surface area contributed by atoms with E-state index in [0.29, 0.717) is 16.5 Å². The first-order chi connectivity index (χ1) is 19.5. The van der Waals surface area contributed by atoms with E-state index in [1.807, 2.05) is 18.3 Å². The van der Waals surface area contributed by atoms with Crippen molar-refractivity contribution in [2.24, 2.45) is 5.92 Å². The van der Waals surface area contributed by atoms with Crippen LogP contribution in [0.3, 0.4) is 0 Å². The molecule has 208 valence electrons. The Morgan fingerprint density at radius 2 is 1.75 bits per heavy atom. The minimum atomic E-state index is 0.144. The van der Waals surface area contributed by atoms with Crippen LogP contribution in [-0.2, 0) is 19.4 Å². The van der Waals surface area contributed by atoms with E-state index in [1.165, 1.54) is 30.2 Å². The van der Waals surface area contributed by atoms with Crippen LogP contribution < -0.4 is 16.4 Å². The molecule has 9 heteroatoms. The molecule has 1 aliphatic heterocycles. The Bertz CT molecular complexity index is 1390. The Kier molecular flexibility index (Phi) is 9.71. The number of nitrogens with zero attached hydrogens (tertiary/aromatic N) is 4. The first kappa shape index (κ1) is 28.1. The molecule has 40 heavy (non-hydrogen) atoms. The average Bonchev–Trinajstić information content (AvgIpc) is 2.96. The molecule has 0 radical (unpaired) electrons. The Labute approximate surface area is 246 Å². The molecule has 2 aromatic carbocycles. The largest absolute Gasteiger partial charge is 0.397 e. The number of rotatable bonds is 11. The van der Waals surface area contributed by atoms with Crippen molar-refractivity contribution in [3.63, 3.8) is 0 Å². The topological polar surface area (TPSA) is 92.0 Å². The van der Waals surface area contributed by atoms with Crippen molar-refractivity contribution in [3.05, 3.63) is 100 Å². The number of piperidine rings is 1. The molecule has 1 aliphatic rings. The second kappa shape index (κ2) is 13.8. The molecule has 1 fully saturated rings. The van der Waals surface area contributed by atoms with Crippen LogP contribution in [0.2, 0.25) is 10.3 Å². The lowest BCUT2D eigenvalue weighted by Crippen LogP contribution is -2.33. The molecule has 0 atom stereocenters. The van der Waals surface area contributed by atoms with Crippen LogP contribution in [-0.4, -0.2) is 39.5 Å². The van der Waals surface area contributed by atoms with Crippen LogP contribution in [0.15, 0.2) is 73.2 Å². The third-order valence-electron chi connectivity index (χ3n) is 7.41. The van der Waals surface area contributed by atoms with Gasteiger partial charge < -0.3 is 16.4 Å². The number of aryl methyl sites for hydroxylation is 2. The smallest absolute Gasteiger partial charge is 0.224 e. The number of hydrogen-bond acceptors (Lipinski definition) is 7. The van der Waals surface area contributed by atoms with Crippen molar-refractivity contribution in [1.82, 2.24) is 19.9 Å². The first-order valence-corrected chi connectivity index (χ1v) is 14.5. The van der Waals surface area contributed by atoms with Gasteiger partial charge in [0.2, 0.25) is 5.28 Å². The fourth-order valence-electron chi connectivity index (χ4n) is 5.23. The Hall–Kier alpha value is -3.39. The molecule has 0 saturated carbocycles. The van der Waals surface area contributed by atoms with E-state index in [1.54, 1.807) is 6.20 Å². The van der Waals surface area contributed by atoms with Crippen LogP contribution in [0.4, 0.5) is 22.9 Å². The van der Waals surface area contributed by atoms with Gasteiger partial charge in [0.05, 0.1) is 11.9 Å². The highest BCUT2D eigenvalue weighted by atomic mass is 35.5. The van der Waals surface area contributed by atoms with Gasteiger partial charge in [0.15, 0.2) is 5.82 Å². The molecule has 3 heterocycles. The van der Waals surface area contributed by atoms with Gasteiger partial charge >= 0.3 is 0 Å². The van der Waals surface area contributed by atoms with Crippen LogP contribution in [0, 0.1) is 5.92 Å². The first-order valence-electron chi connectivity index (χ1n) is 13.8. The molecule has 2 aromatic heterocycles. The molecular formula is C31H35Cl2N7. The monoisotopic (exact) mass is 575 g/mol. The highest BCUT2D eigenvalue weighted by Crippen LogP contribution is 2.29. The standard InChI is InChI=1S/C31H35Cl2N7/c32-28-20-37-31(33)39-30(28)38-27-8-9-29(25(17-27)7-6-24-16-26(34)19-35-18-24)36-13-10-22-11-14-40(15-12-22)21-23-4-2-1-3-5-23/h1-5,8-9,16-20,22,36H,6-7,10-15,21,34H2,(H,37,38,39). The summed E-state index contributed by atoms with van der Waals surface area (Å²) in [6.07, 6.45) is 10.4. The molecular weight excluding hydrogens is 541 g/mol. The molecule has 0 spiro atoms. The minimum absolute atomic E-state index is 0.144. The summed E-state index contributed by atoms with van der Waals surface area (Å²) in [5.74, 6) is 1.22. The summed E-state index contributed by atoms with van der Waals surface area (Å²) in [5.41, 5.74) is 12.3. The SMILES string of the molecule is Nc1cncc(CCc2cc(Nc3nc(Cl)ncc3Cl)ccc2NCCC2CCN(Cc3ccccc3)CC2)c1. The second-order valence-corrected chi connectivity index (χ2v) is 11.1. The van der Waals surface area contributed by atoms with Crippen LogP contribution in [0.25, 0.3) is 0 Å². The molecule has 0 amide bonds. The number of benzene rings is 2. The van der Waals surface area contributed by atoms with E-state index in [4.69, 9.17) is 28.9 Å². The number of nitrogens with one attached hydrogen (secondary N) is 2. The zero-order valence-electron chi connectivity index (χ0n) is 22.5. The molecule has 5 rings (SSSR count). The molecule has 7 nitrogen and oxygen atoms in total. The highest BCUT2D eigenvalue weighted by molar-refractivity contribution is 6.33. The fourth-order valence-corrected chi connectivity index (χ4v) is 5.50. The number of likely N-dealkylation sites (tertiary alicyclic amines) is 1. The zero-order valence-corrected chi connectivity index (χ0v) is 24.0. The summed E-state index contributed by atoms with van der Waals surface area (Å²) in [7, 11) is 0. The van der Waals surface area contributed by atoms with Gasteiger partial charge in [0.25, 0.3) is 0 Å². The van der Waals surface area contributed by atoms with Gasteiger partial charge in [0.1, 0.15) is 5.02 Å². The maximum absolute atomic E-state index is 6.28. The second-order valence-electron chi connectivity index (χ2n) is 10.4. The number of anilines is 4. The van der Waals surface area contributed by atoms with E-state index < -0.39 is 0 Å². The van der Waals surface area contributed by atoms with Gasteiger partial charge in [-0.3, -0.25) is 9.88 Å². The van der Waals surface area contributed by atoms with E-state index in [0.717, 1.165) is 68.3 Å². The molecule has 4 aromatic rings. The quantitative estimate of drug-likeness (QED) is 0.166. The summed E-state index contributed by atoms with van der Waals surface area (Å²) in [4.78, 5) is 15.0. The number of nitrogens with two attached hydrogens (primary N) is 1. The summed E-state index contributed by atoms with van der Waals surface area (Å²) >= 11 is 12.3. The maximum atomic E-state index is 6.28. The Morgan fingerprint density at radius 1 is 0.925 bits per heavy atom. The third-order valence-corrected chi connectivity index (χ3v) is 7.86. The van der Waals surface area contributed by atoms with Crippen molar-refractivity contribution in [2.75, 3.05) is 36.0 Å². The molecule has 0 aliphatic carbocycles. The fraction of sp³-hybridized carbons (Fsp3) is 0.323. The van der Waals surface area contributed by atoms with Crippen molar-refractivity contribution in [3.8, 4) is 0 Å². The Balaban J connectivity index is 1.20. The zero-order chi connectivity index (χ0) is 27.7. The maximum Gasteiger partial charge on any atom is 0.224 e. The van der Waals surface area contributed by atoms with Gasteiger partial charge in [-0.25, -0.2) is 4.98 Å². The van der Waals surface area contributed by atoms with E-state index in [2.05, 4.69) is 72.9 Å². The van der Waals surface area contributed by atoms with Crippen molar-refractivity contribution < 1.29 is 0 Å². The highest BCUT2D eigenvalue weighted by Gasteiger charge is 2.19. The third kappa shape index (κ3) is 8.07. The van der Waals surface area contributed by atoms with E-state index in [9.17, 15) is 0 Å². The number of halogens is 2. The molecule has 4 N–H and O–H groups in total. The van der Waals surface area contributed by atoms with Crippen LogP contribution in [0.5, 0.6) is 0 Å². The van der Waals surface area contributed by atoms with E-state index in [-0.39, 0.29) is 5.28 Å². The molecule has 1 saturated heterocycles. The normalized spacial score (nSPS) is 14.2. The van der Waals surface area contributed by atoms with Crippen LogP contribution >= 0.6 is 23.2 Å². The summed E-state index contributed by atoms with van der Waals surface area (Å²) in [5, 5.41) is 7.56. The van der Waals surface area contributed by atoms with Gasteiger partial charge in [0, 0.05) is 36.9 Å². The summed E-state index contributed by atoms with van der Waals surface area (Å²) in [6, 6.07) is 19.0. The lowest BCUT2D eigenvalue weighted by Gasteiger charge is -2.32. The van der Waals surface area contributed by atoms with Crippen molar-refractivity contribution >= 4 is 46.1 Å². The average molecular weight is 577 g/mol. The minimum Gasteiger partial charge on any atom is -0.397 e. The van der Waals surface area contributed by atoms with Gasteiger partial charge in [-0.05, 0) is 104 Å². The number of hydrogen-bond donors (Lipinski definition) is 3. The lowest BCUT2D eigenvalue weighted by molar-refractivity contribution is 0.174. The van der Waals surface area contributed by atoms with Crippen LogP contribution in [0.1, 0.15) is 36.0 Å². The van der Waals surface area contributed by atoms with E-state index >= 15 is 0 Å². The molecule has 0 unspecified atom stereocenters. The van der Waals surface area contributed by atoms with Crippen molar-refractivity contribution in [1.29, 1.82) is 0 Å².